The summed E-state index contributed by atoms with van der Waals surface area (Å²) in [6, 6.07) is 13.6. The fraction of sp³-hybridized carbons (Fsp3) is 0.158. The molecule has 0 saturated heterocycles. The van der Waals surface area contributed by atoms with Gasteiger partial charge in [-0.25, -0.2) is 0 Å². The lowest BCUT2D eigenvalue weighted by molar-refractivity contribution is 0.102. The number of amides is 1. The van der Waals surface area contributed by atoms with Crippen LogP contribution in [0.15, 0.2) is 51.5 Å². The van der Waals surface area contributed by atoms with Crippen molar-refractivity contribution in [1.82, 2.24) is 5.16 Å². The summed E-state index contributed by atoms with van der Waals surface area (Å²) < 4.78 is 6.24. The van der Waals surface area contributed by atoms with Gasteiger partial charge in [-0.2, -0.15) is 0 Å². The Hall–Kier alpha value is -2.40. The highest BCUT2D eigenvalue weighted by atomic mass is 79.9. The van der Waals surface area contributed by atoms with Gasteiger partial charge in [0.1, 0.15) is 17.0 Å². The van der Waals surface area contributed by atoms with Crippen LogP contribution in [0.1, 0.15) is 27.2 Å². The zero-order valence-corrected chi connectivity index (χ0v) is 15.3. The molecule has 24 heavy (non-hydrogen) atoms. The highest BCUT2D eigenvalue weighted by Gasteiger charge is 2.22. The molecule has 0 saturated carbocycles. The van der Waals surface area contributed by atoms with E-state index in [2.05, 4.69) is 26.4 Å². The second-order valence-corrected chi connectivity index (χ2v) is 6.66. The van der Waals surface area contributed by atoms with E-state index < -0.39 is 0 Å². The maximum Gasteiger partial charge on any atom is 0.261 e. The van der Waals surface area contributed by atoms with E-state index in [1.807, 2.05) is 56.3 Å². The van der Waals surface area contributed by atoms with Gasteiger partial charge in [0.25, 0.3) is 5.91 Å². The summed E-state index contributed by atoms with van der Waals surface area (Å²) in [5.41, 5.74) is 4.73. The number of rotatable bonds is 3. The molecule has 0 spiro atoms. The molecule has 0 radical (unpaired) electrons. The van der Waals surface area contributed by atoms with Crippen molar-refractivity contribution in [2.24, 2.45) is 0 Å². The first-order valence-corrected chi connectivity index (χ1v) is 8.36. The van der Waals surface area contributed by atoms with Crippen molar-refractivity contribution < 1.29 is 9.32 Å². The summed E-state index contributed by atoms with van der Waals surface area (Å²) in [5.74, 6) is 0.274. The van der Waals surface area contributed by atoms with Gasteiger partial charge in [-0.3, -0.25) is 4.79 Å². The van der Waals surface area contributed by atoms with E-state index in [0.29, 0.717) is 17.0 Å². The lowest BCUT2D eigenvalue weighted by atomic mass is 10.1. The Morgan fingerprint density at radius 3 is 2.50 bits per heavy atom. The molecule has 0 unspecified atom stereocenters. The number of anilines is 1. The Morgan fingerprint density at radius 1 is 1.08 bits per heavy atom. The van der Waals surface area contributed by atoms with E-state index in [1.165, 1.54) is 0 Å². The van der Waals surface area contributed by atoms with E-state index in [4.69, 9.17) is 4.52 Å². The fourth-order valence-corrected chi connectivity index (χ4v) is 2.76. The summed E-state index contributed by atoms with van der Waals surface area (Å²) in [7, 11) is 0. The first-order chi connectivity index (χ1) is 11.5. The van der Waals surface area contributed by atoms with Crippen molar-refractivity contribution in [2.75, 3.05) is 5.32 Å². The molecule has 2 aromatic carbocycles. The van der Waals surface area contributed by atoms with E-state index in [-0.39, 0.29) is 5.91 Å². The average Bonchev–Trinajstić information content (AvgIpc) is 2.93. The largest absolute Gasteiger partial charge is 0.360 e. The third kappa shape index (κ3) is 3.26. The summed E-state index contributed by atoms with van der Waals surface area (Å²) in [5, 5.41) is 7.03. The SMILES string of the molecule is Cc1ccc(C)c(NC(=O)c2c(-c3ccc(Br)cc3)noc2C)c1. The van der Waals surface area contributed by atoms with Gasteiger partial charge in [0.05, 0.1) is 0 Å². The average molecular weight is 385 g/mol. The standard InChI is InChI=1S/C19H17BrN2O2/c1-11-4-5-12(2)16(10-11)21-19(23)17-13(3)24-22-18(17)14-6-8-15(20)9-7-14/h4-10H,1-3H3,(H,21,23). The zero-order chi connectivity index (χ0) is 17.3. The molecule has 0 fully saturated rings. The van der Waals surface area contributed by atoms with Crippen LogP contribution in [0.2, 0.25) is 0 Å². The molecule has 0 aliphatic heterocycles. The first-order valence-electron chi connectivity index (χ1n) is 7.56. The second kappa shape index (κ2) is 6.61. The molecular formula is C19H17BrN2O2. The highest BCUT2D eigenvalue weighted by molar-refractivity contribution is 9.10. The Kier molecular flexibility index (Phi) is 4.53. The van der Waals surface area contributed by atoms with Gasteiger partial charge < -0.3 is 9.84 Å². The molecule has 1 heterocycles. The number of carbonyl (C=O) groups is 1. The van der Waals surface area contributed by atoms with Crippen LogP contribution in [-0.4, -0.2) is 11.1 Å². The van der Waals surface area contributed by atoms with E-state index in [1.54, 1.807) is 6.92 Å². The summed E-state index contributed by atoms with van der Waals surface area (Å²) >= 11 is 3.41. The van der Waals surface area contributed by atoms with Crippen molar-refractivity contribution >= 4 is 27.5 Å². The minimum absolute atomic E-state index is 0.222. The molecule has 1 aromatic heterocycles. The van der Waals surface area contributed by atoms with Crippen molar-refractivity contribution in [1.29, 1.82) is 0 Å². The predicted molar refractivity (Wildman–Crippen MR) is 98.2 cm³/mol. The van der Waals surface area contributed by atoms with Crippen LogP contribution in [0.5, 0.6) is 0 Å². The summed E-state index contributed by atoms with van der Waals surface area (Å²) in [4.78, 5) is 12.8. The second-order valence-electron chi connectivity index (χ2n) is 5.74. The van der Waals surface area contributed by atoms with Crippen LogP contribution in [-0.2, 0) is 0 Å². The normalized spacial score (nSPS) is 10.7. The quantitative estimate of drug-likeness (QED) is 0.667. The molecule has 3 rings (SSSR count). The van der Waals surface area contributed by atoms with Gasteiger partial charge in [0.15, 0.2) is 0 Å². The fourth-order valence-electron chi connectivity index (χ4n) is 2.50. The maximum absolute atomic E-state index is 12.8. The van der Waals surface area contributed by atoms with Crippen LogP contribution < -0.4 is 5.32 Å². The lowest BCUT2D eigenvalue weighted by Crippen LogP contribution is -2.14. The van der Waals surface area contributed by atoms with Crippen LogP contribution in [0.3, 0.4) is 0 Å². The van der Waals surface area contributed by atoms with E-state index in [0.717, 1.165) is 26.9 Å². The van der Waals surface area contributed by atoms with Crippen molar-refractivity contribution in [3.63, 3.8) is 0 Å². The molecule has 0 aliphatic rings. The number of hydrogen-bond donors (Lipinski definition) is 1. The third-order valence-corrected chi connectivity index (χ3v) is 4.38. The molecular weight excluding hydrogens is 368 g/mol. The van der Waals surface area contributed by atoms with Crippen LogP contribution in [0.4, 0.5) is 5.69 Å². The molecule has 1 amide bonds. The molecule has 4 nitrogen and oxygen atoms in total. The van der Waals surface area contributed by atoms with Gasteiger partial charge in [-0.05, 0) is 50.1 Å². The molecule has 0 bridgehead atoms. The molecule has 5 heteroatoms. The van der Waals surface area contributed by atoms with Gasteiger partial charge >= 0.3 is 0 Å². The number of carbonyl (C=O) groups excluding carboxylic acids is 1. The number of aromatic nitrogens is 1. The predicted octanol–water partition coefficient (Wildman–Crippen LogP) is 5.28. The molecule has 122 valence electrons. The van der Waals surface area contributed by atoms with Gasteiger partial charge in [-0.15, -0.1) is 0 Å². The Morgan fingerprint density at radius 2 is 1.79 bits per heavy atom. The number of nitrogens with one attached hydrogen (secondary N) is 1. The topological polar surface area (TPSA) is 55.1 Å². The van der Waals surface area contributed by atoms with Gasteiger partial charge in [0, 0.05) is 15.7 Å². The number of hydrogen-bond acceptors (Lipinski definition) is 3. The number of benzene rings is 2. The lowest BCUT2D eigenvalue weighted by Gasteiger charge is -2.09. The highest BCUT2D eigenvalue weighted by Crippen LogP contribution is 2.28. The van der Waals surface area contributed by atoms with Crippen LogP contribution in [0.25, 0.3) is 11.3 Å². The molecule has 3 aromatic rings. The van der Waals surface area contributed by atoms with E-state index >= 15 is 0 Å². The van der Waals surface area contributed by atoms with Crippen LogP contribution >= 0.6 is 15.9 Å². The molecule has 0 atom stereocenters. The van der Waals surface area contributed by atoms with Gasteiger partial charge in [-0.1, -0.05) is 45.4 Å². The summed E-state index contributed by atoms with van der Waals surface area (Å²) in [6.45, 7) is 5.70. The minimum atomic E-state index is -0.222. The minimum Gasteiger partial charge on any atom is -0.360 e. The van der Waals surface area contributed by atoms with Crippen molar-refractivity contribution in [3.05, 3.63) is 69.4 Å². The Bertz CT molecular complexity index is 898. The number of nitrogens with zero attached hydrogens (tertiary/aromatic N) is 1. The van der Waals surface area contributed by atoms with Crippen LogP contribution in [0, 0.1) is 20.8 Å². The summed E-state index contributed by atoms with van der Waals surface area (Å²) in [6.07, 6.45) is 0. The molecule has 1 N–H and O–H groups in total. The first kappa shape index (κ1) is 16.5. The maximum atomic E-state index is 12.8. The zero-order valence-electron chi connectivity index (χ0n) is 13.7. The number of aryl methyl sites for hydroxylation is 3. The van der Waals surface area contributed by atoms with Gasteiger partial charge in [0.2, 0.25) is 0 Å². The van der Waals surface area contributed by atoms with E-state index in [9.17, 15) is 4.79 Å². The molecule has 0 aliphatic carbocycles. The number of halogens is 1. The van der Waals surface area contributed by atoms with Crippen molar-refractivity contribution in [3.8, 4) is 11.3 Å². The third-order valence-electron chi connectivity index (χ3n) is 3.85. The smallest absolute Gasteiger partial charge is 0.261 e. The van der Waals surface area contributed by atoms with Crippen molar-refractivity contribution in [2.45, 2.75) is 20.8 Å². The Labute approximate surface area is 149 Å². The monoisotopic (exact) mass is 384 g/mol. The Balaban J connectivity index is 1.97.